The van der Waals surface area contributed by atoms with Gasteiger partial charge in [-0.05, 0) is 31.2 Å². The van der Waals surface area contributed by atoms with Crippen molar-refractivity contribution in [1.82, 2.24) is 0 Å². The summed E-state index contributed by atoms with van der Waals surface area (Å²) < 4.78 is 26.3. The Morgan fingerprint density at radius 2 is 1.89 bits per heavy atom. The molecule has 0 spiro atoms. The Hall–Kier alpha value is -1.84. The van der Waals surface area contributed by atoms with Crippen molar-refractivity contribution in [2.24, 2.45) is 0 Å². The van der Waals surface area contributed by atoms with Crippen molar-refractivity contribution in [3.05, 3.63) is 46.8 Å². The first-order valence-corrected chi connectivity index (χ1v) is 7.77. The smallest absolute Gasteiger partial charge is 0.267 e. The van der Waals surface area contributed by atoms with Gasteiger partial charge in [0.2, 0.25) is 0 Å². The molecule has 1 aromatic carbocycles. The average Bonchev–Trinajstić information content (AvgIpc) is 2.85. The van der Waals surface area contributed by atoms with Crippen LogP contribution in [-0.4, -0.2) is 15.5 Å². The van der Waals surface area contributed by atoms with Crippen LogP contribution in [0.2, 0.25) is 0 Å². The quantitative estimate of drug-likeness (QED) is 0.874. The molecule has 0 aliphatic rings. The van der Waals surface area contributed by atoms with Crippen molar-refractivity contribution in [1.29, 1.82) is 5.26 Å². The number of nitriles is 1. The minimum Gasteiger partial charge on any atom is -0.267 e. The molecule has 4 nitrogen and oxygen atoms in total. The summed E-state index contributed by atoms with van der Waals surface area (Å²) in [5.74, 6) is 0. The maximum Gasteiger partial charge on any atom is 0.273 e. The highest BCUT2D eigenvalue weighted by Gasteiger charge is 2.24. The normalized spacial score (nSPS) is 11.0. The fraction of sp³-hybridized carbons (Fsp3) is 0.154. The summed E-state index contributed by atoms with van der Waals surface area (Å²) in [5, 5.41) is 9.04. The standard InChI is InChI=1S/C13H12N2O2S2/c1-10-7-8-13(18-10)19(16,17)15(2)12-6-4-3-5-11(12)9-14/h3-8H,1-2H3. The Balaban J connectivity index is 2.50. The highest BCUT2D eigenvalue weighted by Crippen LogP contribution is 2.28. The molecular formula is C13H12N2O2S2. The predicted octanol–water partition coefficient (Wildman–Crippen LogP) is 2.75. The second-order valence-electron chi connectivity index (χ2n) is 3.97. The Bertz CT molecular complexity index is 742. The van der Waals surface area contributed by atoms with Crippen LogP contribution in [0.4, 0.5) is 5.69 Å². The lowest BCUT2D eigenvalue weighted by atomic mass is 10.2. The fourth-order valence-corrected chi connectivity index (χ4v) is 4.33. The molecule has 19 heavy (non-hydrogen) atoms. The Morgan fingerprint density at radius 3 is 2.47 bits per heavy atom. The third-order valence-electron chi connectivity index (χ3n) is 2.69. The number of nitrogens with zero attached hydrogens (tertiary/aromatic N) is 2. The number of para-hydroxylation sites is 1. The number of anilines is 1. The second kappa shape index (κ2) is 5.03. The highest BCUT2D eigenvalue weighted by molar-refractivity contribution is 7.94. The van der Waals surface area contributed by atoms with Crippen LogP contribution in [-0.2, 0) is 10.0 Å². The monoisotopic (exact) mass is 292 g/mol. The van der Waals surface area contributed by atoms with E-state index in [9.17, 15) is 8.42 Å². The summed E-state index contributed by atoms with van der Waals surface area (Å²) >= 11 is 1.22. The second-order valence-corrected chi connectivity index (χ2v) is 7.45. The molecule has 6 heteroatoms. The van der Waals surface area contributed by atoms with Crippen molar-refractivity contribution in [2.45, 2.75) is 11.1 Å². The van der Waals surface area contributed by atoms with Gasteiger partial charge in [0, 0.05) is 11.9 Å². The maximum atomic E-state index is 12.4. The SMILES string of the molecule is Cc1ccc(S(=O)(=O)N(C)c2ccccc2C#N)s1. The summed E-state index contributed by atoms with van der Waals surface area (Å²) in [7, 11) is -2.14. The molecule has 0 bridgehead atoms. The van der Waals surface area contributed by atoms with Crippen LogP contribution < -0.4 is 4.31 Å². The largest absolute Gasteiger partial charge is 0.273 e. The Labute approximate surface area is 116 Å². The van der Waals surface area contributed by atoms with E-state index >= 15 is 0 Å². The molecule has 0 saturated carbocycles. The van der Waals surface area contributed by atoms with Gasteiger partial charge in [-0.1, -0.05) is 12.1 Å². The molecule has 0 N–H and O–H groups in total. The molecule has 0 amide bonds. The summed E-state index contributed by atoms with van der Waals surface area (Å²) in [6, 6.07) is 12.0. The van der Waals surface area contributed by atoms with E-state index in [1.165, 1.54) is 18.4 Å². The lowest BCUT2D eigenvalue weighted by Crippen LogP contribution is -2.26. The van der Waals surface area contributed by atoms with Gasteiger partial charge < -0.3 is 0 Å². The van der Waals surface area contributed by atoms with E-state index in [0.29, 0.717) is 11.3 Å². The molecule has 98 valence electrons. The highest BCUT2D eigenvalue weighted by atomic mass is 32.2. The first-order valence-electron chi connectivity index (χ1n) is 5.51. The van der Waals surface area contributed by atoms with E-state index in [-0.39, 0.29) is 4.21 Å². The summed E-state index contributed by atoms with van der Waals surface area (Å²) in [4.78, 5) is 0.931. The zero-order valence-corrected chi connectivity index (χ0v) is 12.1. The number of sulfonamides is 1. The average molecular weight is 292 g/mol. The van der Waals surface area contributed by atoms with Crippen molar-refractivity contribution < 1.29 is 8.42 Å². The minimum atomic E-state index is -3.60. The molecule has 0 aliphatic carbocycles. The fourth-order valence-electron chi connectivity index (χ4n) is 1.66. The van der Waals surface area contributed by atoms with Gasteiger partial charge >= 0.3 is 0 Å². The van der Waals surface area contributed by atoms with E-state index < -0.39 is 10.0 Å². The zero-order valence-electron chi connectivity index (χ0n) is 10.5. The van der Waals surface area contributed by atoms with Gasteiger partial charge in [0.05, 0.1) is 11.3 Å². The van der Waals surface area contributed by atoms with E-state index in [1.807, 2.05) is 13.0 Å². The van der Waals surface area contributed by atoms with Crippen LogP contribution >= 0.6 is 11.3 Å². The number of aryl methyl sites for hydroxylation is 1. The molecular weight excluding hydrogens is 280 g/mol. The molecule has 0 aliphatic heterocycles. The van der Waals surface area contributed by atoms with E-state index in [1.54, 1.807) is 36.4 Å². The molecule has 0 fully saturated rings. The first-order chi connectivity index (χ1) is 8.96. The van der Waals surface area contributed by atoms with Crippen molar-refractivity contribution in [2.75, 3.05) is 11.4 Å². The first kappa shape index (κ1) is 13.6. The van der Waals surface area contributed by atoms with Crippen molar-refractivity contribution in [3.63, 3.8) is 0 Å². The lowest BCUT2D eigenvalue weighted by molar-refractivity contribution is 0.596. The minimum absolute atomic E-state index is 0.278. The van der Waals surface area contributed by atoms with Gasteiger partial charge in [0.1, 0.15) is 10.3 Å². The van der Waals surface area contributed by atoms with Crippen molar-refractivity contribution in [3.8, 4) is 6.07 Å². The van der Waals surface area contributed by atoms with Crippen molar-refractivity contribution >= 4 is 27.0 Å². The molecule has 0 atom stereocenters. The predicted molar refractivity (Wildman–Crippen MR) is 75.8 cm³/mol. The van der Waals surface area contributed by atoms with Crippen LogP contribution in [0.15, 0.2) is 40.6 Å². The third-order valence-corrected chi connectivity index (χ3v) is 5.93. The lowest BCUT2D eigenvalue weighted by Gasteiger charge is -2.19. The van der Waals surface area contributed by atoms with E-state index in [4.69, 9.17) is 5.26 Å². The van der Waals surface area contributed by atoms with Gasteiger partial charge in [-0.3, -0.25) is 4.31 Å². The molecule has 1 aromatic heterocycles. The zero-order chi connectivity index (χ0) is 14.0. The number of hydrogen-bond donors (Lipinski definition) is 0. The summed E-state index contributed by atoms with van der Waals surface area (Å²) in [5.41, 5.74) is 0.720. The molecule has 0 unspecified atom stereocenters. The summed E-state index contributed by atoms with van der Waals surface area (Å²) in [6.45, 7) is 1.85. The van der Waals surface area contributed by atoms with Gasteiger partial charge in [0.25, 0.3) is 10.0 Å². The van der Waals surface area contributed by atoms with Crippen LogP contribution in [0.25, 0.3) is 0 Å². The van der Waals surface area contributed by atoms with Crippen LogP contribution in [0.5, 0.6) is 0 Å². The van der Waals surface area contributed by atoms with Gasteiger partial charge in [-0.15, -0.1) is 11.3 Å². The Kier molecular flexibility index (Phi) is 3.60. The van der Waals surface area contributed by atoms with E-state index in [2.05, 4.69) is 0 Å². The number of benzene rings is 1. The van der Waals surface area contributed by atoms with Crippen LogP contribution in [0, 0.1) is 18.3 Å². The molecule has 0 radical (unpaired) electrons. The van der Waals surface area contributed by atoms with Gasteiger partial charge in [0.15, 0.2) is 0 Å². The topological polar surface area (TPSA) is 61.2 Å². The molecule has 0 saturated heterocycles. The molecule has 1 heterocycles. The Morgan fingerprint density at radius 1 is 1.21 bits per heavy atom. The van der Waals surface area contributed by atoms with Gasteiger partial charge in [-0.25, -0.2) is 8.42 Å². The van der Waals surface area contributed by atoms with Crippen LogP contribution in [0.1, 0.15) is 10.4 Å². The number of thiophene rings is 1. The number of rotatable bonds is 3. The molecule has 2 aromatic rings. The maximum absolute atomic E-state index is 12.4. The van der Waals surface area contributed by atoms with E-state index in [0.717, 1.165) is 9.18 Å². The molecule has 2 rings (SSSR count). The van der Waals surface area contributed by atoms with Crippen LogP contribution in [0.3, 0.4) is 0 Å². The summed E-state index contributed by atoms with van der Waals surface area (Å²) in [6.07, 6.45) is 0. The third kappa shape index (κ3) is 2.48. The van der Waals surface area contributed by atoms with Gasteiger partial charge in [-0.2, -0.15) is 5.26 Å². The number of hydrogen-bond acceptors (Lipinski definition) is 4.